The monoisotopic (exact) mass is 297 g/mol. The number of hydrogen-bond acceptors (Lipinski definition) is 5. The number of nitrogens with zero attached hydrogens (tertiary/aromatic N) is 2. The minimum Gasteiger partial charge on any atom is -0.378 e. The Hall–Kier alpha value is -0.980. The molecule has 1 amide bonds. The Labute approximate surface area is 124 Å². The zero-order chi connectivity index (χ0) is 14.4. The average Bonchev–Trinajstić information content (AvgIpc) is 3.02. The third-order valence-corrected chi connectivity index (χ3v) is 4.87. The minimum atomic E-state index is -0.139. The van der Waals surface area contributed by atoms with Crippen LogP contribution in [0.15, 0.2) is 11.6 Å². The maximum Gasteiger partial charge on any atom is 0.224 e. The van der Waals surface area contributed by atoms with Gasteiger partial charge >= 0.3 is 0 Å². The summed E-state index contributed by atoms with van der Waals surface area (Å²) in [6.07, 6.45) is 3.31. The molecule has 0 aliphatic carbocycles. The van der Waals surface area contributed by atoms with Crippen molar-refractivity contribution in [1.29, 1.82) is 0 Å². The number of aromatic nitrogens is 1. The second-order valence-electron chi connectivity index (χ2n) is 5.19. The second-order valence-corrected chi connectivity index (χ2v) is 6.09. The van der Waals surface area contributed by atoms with Crippen molar-refractivity contribution in [2.45, 2.75) is 32.2 Å². The lowest BCUT2D eigenvalue weighted by molar-refractivity contribution is -0.135. The fourth-order valence-corrected chi connectivity index (χ4v) is 3.11. The van der Waals surface area contributed by atoms with E-state index < -0.39 is 0 Å². The Morgan fingerprint density at radius 2 is 2.30 bits per heavy atom. The first kappa shape index (κ1) is 15.4. The van der Waals surface area contributed by atoms with Gasteiger partial charge in [-0.15, -0.1) is 11.3 Å². The van der Waals surface area contributed by atoms with Crippen LogP contribution in [0.4, 0.5) is 0 Å². The molecule has 0 spiro atoms. The average molecular weight is 297 g/mol. The molecule has 0 radical (unpaired) electrons. The van der Waals surface area contributed by atoms with E-state index in [0.29, 0.717) is 26.2 Å². The van der Waals surface area contributed by atoms with Crippen molar-refractivity contribution in [3.8, 4) is 0 Å². The second kappa shape index (κ2) is 7.15. The molecule has 1 N–H and O–H groups in total. The highest BCUT2D eigenvalue weighted by atomic mass is 32.1. The normalized spacial score (nSPS) is 18.8. The summed E-state index contributed by atoms with van der Waals surface area (Å²) < 4.78 is 5.26. The van der Waals surface area contributed by atoms with Crippen LogP contribution in [0, 0.1) is 0 Å². The predicted octanol–water partition coefficient (Wildman–Crippen LogP) is 1.61. The zero-order valence-corrected chi connectivity index (χ0v) is 13.0. The lowest BCUT2D eigenvalue weighted by Crippen LogP contribution is -2.44. The zero-order valence-electron chi connectivity index (χ0n) is 12.2. The Bertz CT molecular complexity index is 418. The highest BCUT2D eigenvalue weighted by Crippen LogP contribution is 2.26. The van der Waals surface area contributed by atoms with Crippen LogP contribution in [0.2, 0.25) is 0 Å². The smallest absolute Gasteiger partial charge is 0.224 e. The number of morpholine rings is 1. The van der Waals surface area contributed by atoms with Crippen LogP contribution in [0.3, 0.4) is 0 Å². The van der Waals surface area contributed by atoms with E-state index >= 15 is 0 Å². The maximum atomic E-state index is 12.1. The summed E-state index contributed by atoms with van der Waals surface area (Å²) in [6.45, 7) is 7.71. The number of amides is 1. The number of ether oxygens (including phenoxy) is 1. The first-order valence-electron chi connectivity index (χ1n) is 7.16. The molecule has 1 fully saturated rings. The summed E-state index contributed by atoms with van der Waals surface area (Å²) in [5.74, 6) is 0.207. The van der Waals surface area contributed by atoms with E-state index in [4.69, 9.17) is 4.74 Å². The molecule has 2 rings (SSSR count). The molecule has 1 saturated heterocycles. The number of carbonyl (C=O) groups is 1. The molecule has 0 aromatic carbocycles. The molecule has 1 aromatic rings. The van der Waals surface area contributed by atoms with Crippen molar-refractivity contribution in [1.82, 2.24) is 15.2 Å². The predicted molar refractivity (Wildman–Crippen MR) is 79.8 cm³/mol. The molecule has 112 valence electrons. The largest absolute Gasteiger partial charge is 0.378 e. The molecule has 0 saturated carbocycles. The Kier molecular flexibility index (Phi) is 5.51. The van der Waals surface area contributed by atoms with Gasteiger partial charge in [-0.1, -0.05) is 6.92 Å². The molecule has 2 heterocycles. The number of rotatable bonds is 6. The standard InChI is InChI=1S/C14H23N3O2S/c1-3-14(2,13-15-6-11-20-13)16-5-4-12(18)17-7-9-19-10-8-17/h6,11,16H,3-5,7-10H2,1-2H3/t14-/m1/s1. The van der Waals surface area contributed by atoms with E-state index in [2.05, 4.69) is 24.1 Å². The number of hydrogen-bond donors (Lipinski definition) is 1. The molecule has 5 nitrogen and oxygen atoms in total. The SMILES string of the molecule is CC[C@@](C)(NCCC(=O)N1CCOCC1)c1nccs1. The van der Waals surface area contributed by atoms with Crippen LogP contribution in [0.5, 0.6) is 0 Å². The molecule has 1 aromatic heterocycles. The van der Waals surface area contributed by atoms with Gasteiger partial charge in [0.2, 0.25) is 5.91 Å². The van der Waals surface area contributed by atoms with Gasteiger partial charge in [0.1, 0.15) is 5.01 Å². The van der Waals surface area contributed by atoms with Crippen molar-refractivity contribution in [2.24, 2.45) is 0 Å². The van der Waals surface area contributed by atoms with Gasteiger partial charge in [0, 0.05) is 37.6 Å². The van der Waals surface area contributed by atoms with Gasteiger partial charge in [0.05, 0.1) is 18.8 Å². The van der Waals surface area contributed by atoms with Crippen molar-refractivity contribution in [3.05, 3.63) is 16.6 Å². The minimum absolute atomic E-state index is 0.139. The lowest BCUT2D eigenvalue weighted by atomic mass is 10.00. The van der Waals surface area contributed by atoms with Crippen molar-refractivity contribution in [2.75, 3.05) is 32.8 Å². The summed E-state index contributed by atoms with van der Waals surface area (Å²) in [7, 11) is 0. The maximum absolute atomic E-state index is 12.1. The molecule has 6 heteroatoms. The van der Waals surface area contributed by atoms with Gasteiger partial charge in [0.25, 0.3) is 0 Å². The lowest BCUT2D eigenvalue weighted by Gasteiger charge is -2.29. The summed E-state index contributed by atoms with van der Waals surface area (Å²) in [5.41, 5.74) is -0.139. The van der Waals surface area contributed by atoms with Crippen LogP contribution in [0.1, 0.15) is 31.7 Å². The molecular weight excluding hydrogens is 274 g/mol. The molecule has 20 heavy (non-hydrogen) atoms. The van der Waals surface area contributed by atoms with Crippen molar-refractivity contribution < 1.29 is 9.53 Å². The van der Waals surface area contributed by atoms with Gasteiger partial charge in [-0.3, -0.25) is 4.79 Å². The van der Waals surface area contributed by atoms with Crippen LogP contribution in [0.25, 0.3) is 0 Å². The summed E-state index contributed by atoms with van der Waals surface area (Å²) in [4.78, 5) is 18.4. The van der Waals surface area contributed by atoms with E-state index in [1.807, 2.05) is 16.5 Å². The van der Waals surface area contributed by atoms with Crippen LogP contribution in [-0.2, 0) is 15.1 Å². The molecule has 0 unspecified atom stereocenters. The van der Waals surface area contributed by atoms with Gasteiger partial charge in [-0.2, -0.15) is 0 Å². The Morgan fingerprint density at radius 3 is 2.90 bits per heavy atom. The van der Waals surface area contributed by atoms with E-state index in [-0.39, 0.29) is 11.4 Å². The molecular formula is C14H23N3O2S. The first-order chi connectivity index (χ1) is 9.65. The summed E-state index contributed by atoms with van der Waals surface area (Å²) in [5, 5.41) is 6.56. The van der Waals surface area contributed by atoms with Gasteiger partial charge in [-0.25, -0.2) is 4.98 Å². The van der Waals surface area contributed by atoms with Crippen LogP contribution >= 0.6 is 11.3 Å². The van der Waals surface area contributed by atoms with Crippen molar-refractivity contribution >= 4 is 17.2 Å². The van der Waals surface area contributed by atoms with Crippen LogP contribution in [-0.4, -0.2) is 48.6 Å². The third-order valence-electron chi connectivity index (χ3n) is 3.83. The molecule has 1 aliphatic rings. The van der Waals surface area contributed by atoms with E-state index in [1.54, 1.807) is 11.3 Å². The van der Waals surface area contributed by atoms with Gasteiger partial charge in [0.15, 0.2) is 0 Å². The van der Waals surface area contributed by atoms with E-state index in [1.165, 1.54) is 0 Å². The van der Waals surface area contributed by atoms with E-state index in [0.717, 1.165) is 24.5 Å². The first-order valence-corrected chi connectivity index (χ1v) is 8.04. The Balaban J connectivity index is 1.80. The highest BCUT2D eigenvalue weighted by molar-refractivity contribution is 7.09. The quantitative estimate of drug-likeness (QED) is 0.866. The number of thiazole rings is 1. The van der Waals surface area contributed by atoms with Gasteiger partial charge < -0.3 is 15.0 Å². The fraction of sp³-hybridized carbons (Fsp3) is 0.714. The van der Waals surface area contributed by atoms with Gasteiger partial charge in [-0.05, 0) is 13.3 Å². The number of carbonyl (C=O) groups excluding carboxylic acids is 1. The topological polar surface area (TPSA) is 54.5 Å². The molecule has 1 atom stereocenters. The summed E-state index contributed by atoms with van der Waals surface area (Å²) >= 11 is 1.66. The third kappa shape index (κ3) is 3.77. The number of nitrogens with one attached hydrogen (secondary N) is 1. The van der Waals surface area contributed by atoms with Crippen LogP contribution < -0.4 is 5.32 Å². The Morgan fingerprint density at radius 1 is 1.55 bits per heavy atom. The molecule has 1 aliphatic heterocycles. The summed E-state index contributed by atoms with van der Waals surface area (Å²) in [6, 6.07) is 0. The molecule has 0 bridgehead atoms. The van der Waals surface area contributed by atoms with Crippen molar-refractivity contribution in [3.63, 3.8) is 0 Å². The fourth-order valence-electron chi connectivity index (χ4n) is 2.26. The highest BCUT2D eigenvalue weighted by Gasteiger charge is 2.27. The van der Waals surface area contributed by atoms with E-state index in [9.17, 15) is 4.79 Å².